The van der Waals surface area contributed by atoms with Crippen LogP contribution in [0.4, 0.5) is 0 Å². The lowest BCUT2D eigenvalue weighted by atomic mass is 10.3. The van der Waals surface area contributed by atoms with Gasteiger partial charge in [0.1, 0.15) is 12.3 Å². The zero-order valence-electron chi connectivity index (χ0n) is 11.2. The summed E-state index contributed by atoms with van der Waals surface area (Å²) >= 11 is 1.39. The van der Waals surface area contributed by atoms with Crippen molar-refractivity contribution in [3.63, 3.8) is 0 Å². The molecule has 6 heteroatoms. The number of hydrogen-bond acceptors (Lipinski definition) is 4. The number of carboxylic acids is 1. The van der Waals surface area contributed by atoms with Crippen molar-refractivity contribution in [1.29, 1.82) is 0 Å². The predicted octanol–water partition coefficient (Wildman–Crippen LogP) is 1.86. The normalized spacial score (nSPS) is 13.8. The van der Waals surface area contributed by atoms with Gasteiger partial charge >= 0.3 is 5.97 Å². The van der Waals surface area contributed by atoms with Gasteiger partial charge < -0.3 is 14.7 Å². The molecule has 1 aliphatic carbocycles. The molecule has 0 radical (unpaired) electrons. The van der Waals surface area contributed by atoms with Crippen molar-refractivity contribution < 1.29 is 19.4 Å². The second-order valence-corrected chi connectivity index (χ2v) is 5.66. The van der Waals surface area contributed by atoms with Crippen molar-refractivity contribution in [3.05, 3.63) is 24.3 Å². The van der Waals surface area contributed by atoms with E-state index >= 15 is 0 Å². The van der Waals surface area contributed by atoms with Crippen molar-refractivity contribution in [2.75, 3.05) is 19.4 Å². The number of aliphatic carboxylic acids is 1. The summed E-state index contributed by atoms with van der Waals surface area (Å²) in [7, 11) is 1.59. The summed E-state index contributed by atoms with van der Waals surface area (Å²) in [6.45, 7) is -0.206. The summed E-state index contributed by atoms with van der Waals surface area (Å²) in [5, 5.41) is 8.85. The summed E-state index contributed by atoms with van der Waals surface area (Å²) < 4.78 is 5.12. The summed E-state index contributed by atoms with van der Waals surface area (Å²) in [6.07, 6.45) is 1.81. The Kier molecular flexibility index (Phi) is 4.89. The number of methoxy groups -OCH3 is 1. The van der Waals surface area contributed by atoms with Gasteiger partial charge in [-0.2, -0.15) is 0 Å². The first kappa shape index (κ1) is 14.7. The fourth-order valence-corrected chi connectivity index (χ4v) is 2.70. The molecule has 1 aromatic rings. The number of carbonyl (C=O) groups is 2. The minimum atomic E-state index is -0.961. The number of amides is 1. The van der Waals surface area contributed by atoms with E-state index in [1.165, 1.54) is 16.7 Å². The van der Waals surface area contributed by atoms with Crippen LogP contribution in [-0.4, -0.2) is 47.3 Å². The van der Waals surface area contributed by atoms with Crippen molar-refractivity contribution >= 4 is 23.6 Å². The number of thioether (sulfide) groups is 1. The lowest BCUT2D eigenvalue weighted by Gasteiger charge is -2.19. The van der Waals surface area contributed by atoms with Crippen molar-refractivity contribution in [2.45, 2.75) is 23.8 Å². The van der Waals surface area contributed by atoms with Crippen LogP contribution in [0.1, 0.15) is 12.8 Å². The Bertz CT molecular complexity index is 502. The van der Waals surface area contributed by atoms with Crippen molar-refractivity contribution in [2.24, 2.45) is 0 Å². The molecule has 0 unspecified atom stereocenters. The highest BCUT2D eigenvalue weighted by Crippen LogP contribution is 2.28. The Morgan fingerprint density at radius 1 is 1.45 bits per heavy atom. The van der Waals surface area contributed by atoms with E-state index in [9.17, 15) is 9.59 Å². The Hall–Kier alpha value is -1.69. The fraction of sp³-hybridized carbons (Fsp3) is 0.429. The molecule has 1 N–H and O–H groups in total. The van der Waals surface area contributed by atoms with E-state index < -0.39 is 5.97 Å². The molecule has 0 bridgehead atoms. The van der Waals surface area contributed by atoms with Crippen molar-refractivity contribution in [3.8, 4) is 5.75 Å². The van der Waals surface area contributed by atoms with Gasteiger partial charge in [-0.3, -0.25) is 9.59 Å². The zero-order chi connectivity index (χ0) is 14.5. The first-order valence-corrected chi connectivity index (χ1v) is 7.37. The van der Waals surface area contributed by atoms with Crippen LogP contribution < -0.4 is 4.74 Å². The molecular formula is C14H17NO4S. The molecule has 0 heterocycles. The summed E-state index contributed by atoms with van der Waals surface area (Å²) in [5.41, 5.74) is 0. The number of rotatable bonds is 7. The SMILES string of the molecule is COc1cccc(SCC(=O)N(CC(=O)O)C2CC2)c1. The largest absolute Gasteiger partial charge is 0.497 e. The lowest BCUT2D eigenvalue weighted by Crippen LogP contribution is -2.38. The van der Waals surface area contributed by atoms with Crippen LogP contribution in [0.15, 0.2) is 29.2 Å². The number of hydrogen-bond donors (Lipinski definition) is 1. The predicted molar refractivity (Wildman–Crippen MR) is 76.1 cm³/mol. The van der Waals surface area contributed by atoms with E-state index in [1.807, 2.05) is 24.3 Å². The third-order valence-corrected chi connectivity index (χ3v) is 4.00. The molecular weight excluding hydrogens is 278 g/mol. The van der Waals surface area contributed by atoms with E-state index in [1.54, 1.807) is 7.11 Å². The van der Waals surface area contributed by atoms with Crippen LogP contribution in [0.2, 0.25) is 0 Å². The van der Waals surface area contributed by atoms with Gasteiger partial charge in [-0.1, -0.05) is 6.07 Å². The van der Waals surface area contributed by atoms with Crippen LogP contribution in [0.3, 0.4) is 0 Å². The highest BCUT2D eigenvalue weighted by atomic mass is 32.2. The van der Waals surface area contributed by atoms with E-state index in [0.717, 1.165) is 23.5 Å². The first-order valence-electron chi connectivity index (χ1n) is 6.38. The van der Waals surface area contributed by atoms with Gasteiger partial charge in [0.25, 0.3) is 0 Å². The monoisotopic (exact) mass is 295 g/mol. The Balaban J connectivity index is 1.91. The average molecular weight is 295 g/mol. The Labute approximate surface area is 121 Å². The van der Waals surface area contributed by atoms with E-state index in [0.29, 0.717) is 0 Å². The number of carbonyl (C=O) groups excluding carboxylic acids is 1. The molecule has 1 aromatic carbocycles. The van der Waals surface area contributed by atoms with Crippen LogP contribution >= 0.6 is 11.8 Å². The number of ether oxygens (including phenoxy) is 1. The number of benzene rings is 1. The lowest BCUT2D eigenvalue weighted by molar-refractivity contribution is -0.143. The smallest absolute Gasteiger partial charge is 0.323 e. The number of carboxylic acid groups (broad SMARTS) is 1. The van der Waals surface area contributed by atoms with Crippen LogP contribution in [0, 0.1) is 0 Å². The molecule has 20 heavy (non-hydrogen) atoms. The van der Waals surface area contributed by atoms with Gasteiger partial charge in [-0.05, 0) is 31.0 Å². The molecule has 1 fully saturated rings. The summed E-state index contributed by atoms with van der Waals surface area (Å²) in [5.74, 6) is -0.0943. The van der Waals surface area contributed by atoms with Gasteiger partial charge in [0, 0.05) is 10.9 Å². The zero-order valence-corrected chi connectivity index (χ0v) is 12.1. The van der Waals surface area contributed by atoms with Gasteiger partial charge in [0.2, 0.25) is 5.91 Å². The molecule has 5 nitrogen and oxygen atoms in total. The second-order valence-electron chi connectivity index (χ2n) is 4.61. The molecule has 0 aromatic heterocycles. The molecule has 1 aliphatic rings. The highest BCUT2D eigenvalue weighted by molar-refractivity contribution is 8.00. The topological polar surface area (TPSA) is 66.8 Å². The van der Waals surface area contributed by atoms with Gasteiger partial charge in [-0.25, -0.2) is 0 Å². The number of nitrogens with zero attached hydrogens (tertiary/aromatic N) is 1. The van der Waals surface area contributed by atoms with Gasteiger partial charge in [0.05, 0.1) is 12.9 Å². The summed E-state index contributed by atoms with van der Waals surface area (Å²) in [4.78, 5) is 25.3. The minimum Gasteiger partial charge on any atom is -0.497 e. The minimum absolute atomic E-state index is 0.115. The standard InChI is InChI=1S/C14H17NO4S/c1-19-11-3-2-4-12(7-11)20-9-13(16)15(8-14(17)18)10-5-6-10/h2-4,7,10H,5-6,8-9H2,1H3,(H,17,18). The highest BCUT2D eigenvalue weighted by Gasteiger charge is 2.33. The van der Waals surface area contributed by atoms with Gasteiger partial charge in [-0.15, -0.1) is 11.8 Å². The maximum Gasteiger partial charge on any atom is 0.323 e. The molecule has 0 atom stereocenters. The maximum absolute atomic E-state index is 12.1. The van der Waals surface area contributed by atoms with Gasteiger partial charge in [0.15, 0.2) is 0 Å². The molecule has 108 valence electrons. The third kappa shape index (κ3) is 4.16. The molecule has 1 amide bonds. The Morgan fingerprint density at radius 2 is 2.20 bits per heavy atom. The molecule has 0 saturated heterocycles. The summed E-state index contributed by atoms with van der Waals surface area (Å²) in [6, 6.07) is 7.58. The quantitative estimate of drug-likeness (QED) is 0.778. The fourth-order valence-electron chi connectivity index (χ4n) is 1.87. The average Bonchev–Trinajstić information content (AvgIpc) is 3.26. The van der Waals surface area contributed by atoms with E-state index in [2.05, 4.69) is 0 Å². The van der Waals surface area contributed by atoms with Crippen LogP contribution in [-0.2, 0) is 9.59 Å². The molecule has 0 aliphatic heterocycles. The van der Waals surface area contributed by atoms with Crippen LogP contribution in [0.25, 0.3) is 0 Å². The molecule has 2 rings (SSSR count). The van der Waals surface area contributed by atoms with Crippen molar-refractivity contribution in [1.82, 2.24) is 4.90 Å². The molecule has 1 saturated carbocycles. The van der Waals surface area contributed by atoms with E-state index in [4.69, 9.17) is 9.84 Å². The third-order valence-electron chi connectivity index (χ3n) is 3.02. The van der Waals surface area contributed by atoms with Crippen LogP contribution in [0.5, 0.6) is 5.75 Å². The second kappa shape index (κ2) is 6.65. The molecule has 0 spiro atoms. The first-order chi connectivity index (χ1) is 9.60. The Morgan fingerprint density at radius 3 is 2.80 bits per heavy atom. The maximum atomic E-state index is 12.1. The van der Waals surface area contributed by atoms with E-state index in [-0.39, 0.29) is 24.2 Å².